The lowest BCUT2D eigenvalue weighted by atomic mass is 10.2. The van der Waals surface area contributed by atoms with Gasteiger partial charge in [0, 0.05) is 29.6 Å². The number of para-hydroxylation sites is 1. The lowest BCUT2D eigenvalue weighted by Crippen LogP contribution is -2.33. The van der Waals surface area contributed by atoms with Crippen molar-refractivity contribution in [3.05, 3.63) is 54.6 Å². The van der Waals surface area contributed by atoms with Crippen molar-refractivity contribution in [1.82, 2.24) is 0 Å². The van der Waals surface area contributed by atoms with Gasteiger partial charge in [0.2, 0.25) is 0 Å². The molecule has 2 N–H and O–H groups in total. The summed E-state index contributed by atoms with van der Waals surface area (Å²) in [6.07, 6.45) is 0. The molecule has 2 aromatic rings. The molecule has 0 aliphatic heterocycles. The van der Waals surface area contributed by atoms with Crippen molar-refractivity contribution in [1.29, 1.82) is 0 Å². The average Bonchev–Trinajstić information content (AvgIpc) is 2.47. The first-order valence-corrected chi connectivity index (χ1v) is 7.00. The zero-order chi connectivity index (χ0) is 14.4. The topological polar surface area (TPSA) is 35.5 Å². The average molecular weight is 270 g/mol. The molecule has 0 saturated heterocycles. The molecule has 3 nitrogen and oxygen atoms in total. The van der Waals surface area contributed by atoms with Crippen LogP contribution >= 0.6 is 0 Å². The number of aliphatic hydroxyl groups excluding tert-OH is 1. The van der Waals surface area contributed by atoms with Gasteiger partial charge in [-0.2, -0.15) is 0 Å². The van der Waals surface area contributed by atoms with E-state index in [1.807, 2.05) is 30.3 Å². The van der Waals surface area contributed by atoms with Crippen molar-refractivity contribution >= 4 is 17.1 Å². The van der Waals surface area contributed by atoms with E-state index in [4.69, 9.17) is 5.11 Å². The van der Waals surface area contributed by atoms with Crippen molar-refractivity contribution in [2.75, 3.05) is 23.4 Å². The van der Waals surface area contributed by atoms with Crippen LogP contribution in [0.25, 0.3) is 0 Å². The molecule has 0 atom stereocenters. The summed E-state index contributed by atoms with van der Waals surface area (Å²) in [6.45, 7) is 5.09. The van der Waals surface area contributed by atoms with E-state index in [1.54, 1.807) is 0 Å². The minimum Gasteiger partial charge on any atom is -0.395 e. The summed E-state index contributed by atoms with van der Waals surface area (Å²) < 4.78 is 0. The Hall–Kier alpha value is -2.00. The van der Waals surface area contributed by atoms with Crippen molar-refractivity contribution in [2.45, 2.75) is 19.9 Å². The van der Waals surface area contributed by atoms with Gasteiger partial charge in [0.05, 0.1) is 6.61 Å². The fourth-order valence-electron chi connectivity index (χ4n) is 2.22. The van der Waals surface area contributed by atoms with E-state index in [2.05, 4.69) is 48.3 Å². The second-order valence-corrected chi connectivity index (χ2v) is 5.05. The number of hydrogen-bond donors (Lipinski definition) is 2. The van der Waals surface area contributed by atoms with Gasteiger partial charge >= 0.3 is 0 Å². The summed E-state index contributed by atoms with van der Waals surface area (Å²) in [7, 11) is 0. The van der Waals surface area contributed by atoms with Crippen molar-refractivity contribution in [3.63, 3.8) is 0 Å². The minimum atomic E-state index is 0.169. The Morgan fingerprint density at radius 2 is 1.55 bits per heavy atom. The first kappa shape index (κ1) is 14.4. The molecule has 0 saturated carbocycles. The van der Waals surface area contributed by atoms with Gasteiger partial charge in [-0.3, -0.25) is 0 Å². The second kappa shape index (κ2) is 6.96. The maximum absolute atomic E-state index is 9.14. The highest BCUT2D eigenvalue weighted by Crippen LogP contribution is 2.22. The molecule has 0 radical (unpaired) electrons. The third-order valence-electron chi connectivity index (χ3n) is 3.23. The van der Waals surface area contributed by atoms with E-state index in [-0.39, 0.29) is 6.61 Å². The van der Waals surface area contributed by atoms with E-state index in [1.165, 1.54) is 0 Å². The molecule has 0 amide bonds. The molecule has 0 heterocycles. The van der Waals surface area contributed by atoms with Crippen LogP contribution in [0.2, 0.25) is 0 Å². The van der Waals surface area contributed by atoms with Crippen LogP contribution in [-0.2, 0) is 0 Å². The van der Waals surface area contributed by atoms with Crippen LogP contribution in [0.4, 0.5) is 17.1 Å². The zero-order valence-electron chi connectivity index (χ0n) is 12.1. The third-order valence-corrected chi connectivity index (χ3v) is 3.23. The monoisotopic (exact) mass is 270 g/mol. The Kier molecular flexibility index (Phi) is 5.02. The number of hydrogen-bond acceptors (Lipinski definition) is 3. The molecule has 0 bridgehead atoms. The molecule has 0 fully saturated rings. The quantitative estimate of drug-likeness (QED) is 0.841. The first-order valence-electron chi connectivity index (χ1n) is 7.00. The van der Waals surface area contributed by atoms with E-state index in [0.29, 0.717) is 12.6 Å². The Bertz CT molecular complexity index is 508. The zero-order valence-corrected chi connectivity index (χ0v) is 12.1. The highest BCUT2D eigenvalue weighted by atomic mass is 16.3. The van der Waals surface area contributed by atoms with E-state index in [9.17, 15) is 0 Å². The number of nitrogens with zero attached hydrogens (tertiary/aromatic N) is 1. The molecule has 2 aromatic carbocycles. The number of nitrogens with one attached hydrogen (secondary N) is 1. The fourth-order valence-corrected chi connectivity index (χ4v) is 2.22. The van der Waals surface area contributed by atoms with Crippen LogP contribution in [-0.4, -0.2) is 24.3 Å². The number of benzene rings is 2. The number of aliphatic hydroxyl groups is 1. The first-order chi connectivity index (χ1) is 9.70. The minimum absolute atomic E-state index is 0.169. The molecular formula is C17H22N2O. The van der Waals surface area contributed by atoms with Gasteiger partial charge in [0.15, 0.2) is 0 Å². The predicted octanol–water partition coefficient (Wildman–Crippen LogP) is 3.64. The Balaban J connectivity index is 2.09. The summed E-state index contributed by atoms with van der Waals surface area (Å²) in [4.78, 5) is 2.19. The highest BCUT2D eigenvalue weighted by molar-refractivity contribution is 5.62. The summed E-state index contributed by atoms with van der Waals surface area (Å²) in [5.74, 6) is 0. The lowest BCUT2D eigenvalue weighted by Gasteiger charge is -2.28. The lowest BCUT2D eigenvalue weighted by molar-refractivity contribution is 0.299. The normalized spacial score (nSPS) is 10.6. The van der Waals surface area contributed by atoms with Gasteiger partial charge in [-0.25, -0.2) is 0 Å². The van der Waals surface area contributed by atoms with Crippen LogP contribution in [0.3, 0.4) is 0 Å². The van der Waals surface area contributed by atoms with Gasteiger partial charge < -0.3 is 15.3 Å². The Morgan fingerprint density at radius 3 is 2.10 bits per heavy atom. The van der Waals surface area contributed by atoms with E-state index >= 15 is 0 Å². The predicted molar refractivity (Wildman–Crippen MR) is 85.7 cm³/mol. The number of anilines is 3. The molecule has 0 spiro atoms. The van der Waals surface area contributed by atoms with Gasteiger partial charge in [-0.05, 0) is 50.2 Å². The number of rotatable bonds is 6. The maximum Gasteiger partial charge on any atom is 0.0606 e. The van der Waals surface area contributed by atoms with Gasteiger partial charge in [0.25, 0.3) is 0 Å². The molecule has 3 heteroatoms. The summed E-state index contributed by atoms with van der Waals surface area (Å²) >= 11 is 0. The molecule has 0 aromatic heterocycles. The smallest absolute Gasteiger partial charge is 0.0606 e. The van der Waals surface area contributed by atoms with Gasteiger partial charge in [0.1, 0.15) is 0 Å². The molecule has 0 aliphatic rings. The molecule has 0 aliphatic carbocycles. The molecule has 106 valence electrons. The standard InChI is InChI=1S/C17H22N2O/c1-14(2)19(12-13-20)17-10-8-16(9-11-17)18-15-6-4-3-5-7-15/h3-11,14,18,20H,12-13H2,1-2H3. The van der Waals surface area contributed by atoms with Crippen LogP contribution in [0.15, 0.2) is 54.6 Å². The summed E-state index contributed by atoms with van der Waals surface area (Å²) in [5, 5.41) is 12.5. The van der Waals surface area contributed by atoms with E-state index < -0.39 is 0 Å². The molecular weight excluding hydrogens is 248 g/mol. The van der Waals surface area contributed by atoms with Crippen LogP contribution in [0.1, 0.15) is 13.8 Å². The van der Waals surface area contributed by atoms with Crippen LogP contribution < -0.4 is 10.2 Å². The molecule has 20 heavy (non-hydrogen) atoms. The summed E-state index contributed by atoms with van der Waals surface area (Å²) in [5.41, 5.74) is 3.27. The summed E-state index contributed by atoms with van der Waals surface area (Å²) in [6, 6.07) is 18.8. The van der Waals surface area contributed by atoms with Crippen molar-refractivity contribution in [3.8, 4) is 0 Å². The van der Waals surface area contributed by atoms with E-state index in [0.717, 1.165) is 17.1 Å². The Morgan fingerprint density at radius 1 is 0.950 bits per heavy atom. The Labute approximate surface area is 120 Å². The van der Waals surface area contributed by atoms with Gasteiger partial charge in [-0.15, -0.1) is 0 Å². The fraction of sp³-hybridized carbons (Fsp3) is 0.294. The second-order valence-electron chi connectivity index (χ2n) is 5.05. The highest BCUT2D eigenvalue weighted by Gasteiger charge is 2.09. The molecule has 2 rings (SSSR count). The van der Waals surface area contributed by atoms with Gasteiger partial charge in [-0.1, -0.05) is 18.2 Å². The van der Waals surface area contributed by atoms with Crippen molar-refractivity contribution < 1.29 is 5.11 Å². The largest absolute Gasteiger partial charge is 0.395 e. The van der Waals surface area contributed by atoms with Crippen LogP contribution in [0, 0.1) is 0 Å². The maximum atomic E-state index is 9.14. The SMILES string of the molecule is CC(C)N(CCO)c1ccc(Nc2ccccc2)cc1. The molecule has 0 unspecified atom stereocenters. The third kappa shape index (κ3) is 3.75. The van der Waals surface area contributed by atoms with Crippen LogP contribution in [0.5, 0.6) is 0 Å². The van der Waals surface area contributed by atoms with Crippen molar-refractivity contribution in [2.24, 2.45) is 0 Å².